The third kappa shape index (κ3) is 3.37. The first-order valence-electron chi connectivity index (χ1n) is 6.35. The molecule has 0 aliphatic carbocycles. The maximum atomic E-state index is 12.3. The predicted octanol–water partition coefficient (Wildman–Crippen LogP) is 1.63. The van der Waals surface area contributed by atoms with Gasteiger partial charge >= 0.3 is 0 Å². The summed E-state index contributed by atoms with van der Waals surface area (Å²) in [5, 5.41) is 9.47. The van der Waals surface area contributed by atoms with Gasteiger partial charge in [-0.2, -0.15) is 5.10 Å². The third-order valence-electron chi connectivity index (χ3n) is 2.95. The van der Waals surface area contributed by atoms with Crippen LogP contribution in [0.25, 0.3) is 0 Å². The van der Waals surface area contributed by atoms with Gasteiger partial charge in [0.25, 0.3) is 10.0 Å². The molecule has 0 radical (unpaired) electrons. The summed E-state index contributed by atoms with van der Waals surface area (Å²) < 4.78 is 27.0. The van der Waals surface area contributed by atoms with Crippen molar-refractivity contribution in [2.24, 2.45) is 0 Å². The molecule has 1 heterocycles. The highest BCUT2D eigenvalue weighted by Gasteiger charge is 2.15. The number of aryl methyl sites for hydroxylation is 1. The normalized spacial score (nSPS) is 11.5. The lowest BCUT2D eigenvalue weighted by Gasteiger charge is -2.10. The highest BCUT2D eigenvalue weighted by Crippen LogP contribution is 2.18. The Morgan fingerprint density at radius 2 is 2.15 bits per heavy atom. The molecule has 0 saturated carbocycles. The Hall–Kier alpha value is -1.86. The van der Waals surface area contributed by atoms with Gasteiger partial charge in [0.1, 0.15) is 0 Å². The maximum Gasteiger partial charge on any atom is 0.262 e. The van der Waals surface area contributed by atoms with Crippen molar-refractivity contribution in [2.75, 3.05) is 11.3 Å². The molecule has 0 unspecified atom stereocenters. The Morgan fingerprint density at radius 1 is 1.35 bits per heavy atom. The first-order chi connectivity index (χ1) is 9.53. The summed E-state index contributed by atoms with van der Waals surface area (Å²) in [5.74, 6) is 0. The molecule has 1 aromatic carbocycles. The van der Waals surface area contributed by atoms with E-state index in [4.69, 9.17) is 0 Å². The number of aromatic nitrogens is 2. The number of anilines is 1. The molecule has 2 aromatic rings. The number of sulfonamides is 1. The number of nitrogens with one attached hydrogen (secondary N) is 3. The van der Waals surface area contributed by atoms with Crippen LogP contribution in [-0.4, -0.2) is 25.2 Å². The summed E-state index contributed by atoms with van der Waals surface area (Å²) >= 11 is 0. The molecule has 108 valence electrons. The van der Waals surface area contributed by atoms with Gasteiger partial charge in [-0.1, -0.05) is 13.0 Å². The van der Waals surface area contributed by atoms with E-state index in [-0.39, 0.29) is 4.90 Å². The van der Waals surface area contributed by atoms with Crippen molar-refractivity contribution >= 4 is 15.7 Å². The Balaban J connectivity index is 2.27. The van der Waals surface area contributed by atoms with Crippen molar-refractivity contribution in [3.05, 3.63) is 41.7 Å². The van der Waals surface area contributed by atoms with E-state index in [1.165, 1.54) is 12.4 Å². The average molecular weight is 294 g/mol. The van der Waals surface area contributed by atoms with Crippen LogP contribution in [0.15, 0.2) is 35.5 Å². The van der Waals surface area contributed by atoms with Gasteiger partial charge in [-0.25, -0.2) is 8.42 Å². The van der Waals surface area contributed by atoms with Gasteiger partial charge in [-0.05, 0) is 36.7 Å². The first-order valence-corrected chi connectivity index (χ1v) is 7.83. The summed E-state index contributed by atoms with van der Waals surface area (Å²) in [6, 6.07) is 5.12. The number of rotatable bonds is 6. The number of hydrogen-bond donors (Lipinski definition) is 3. The lowest BCUT2D eigenvalue weighted by molar-refractivity contribution is 0.601. The van der Waals surface area contributed by atoms with Gasteiger partial charge in [0.2, 0.25) is 0 Å². The lowest BCUT2D eigenvalue weighted by atomic mass is 10.1. The van der Waals surface area contributed by atoms with Crippen molar-refractivity contribution in [1.82, 2.24) is 15.5 Å². The Labute approximate surface area is 118 Å². The van der Waals surface area contributed by atoms with Crippen molar-refractivity contribution in [1.29, 1.82) is 0 Å². The minimum atomic E-state index is -3.59. The molecule has 0 aliphatic rings. The maximum absolute atomic E-state index is 12.3. The minimum absolute atomic E-state index is 0.247. The molecular formula is C13H18N4O2S. The van der Waals surface area contributed by atoms with Gasteiger partial charge in [0.15, 0.2) is 0 Å². The van der Waals surface area contributed by atoms with Crippen LogP contribution in [0, 0.1) is 6.92 Å². The third-order valence-corrected chi connectivity index (χ3v) is 4.33. The number of H-pyrrole nitrogens is 1. The lowest BCUT2D eigenvalue weighted by Crippen LogP contribution is -2.16. The molecule has 7 heteroatoms. The van der Waals surface area contributed by atoms with Gasteiger partial charge in [0.05, 0.1) is 16.8 Å². The topological polar surface area (TPSA) is 86.9 Å². The smallest absolute Gasteiger partial charge is 0.262 e. The van der Waals surface area contributed by atoms with Crippen molar-refractivity contribution in [3.63, 3.8) is 0 Å². The largest absolute Gasteiger partial charge is 0.313 e. The number of aromatic amines is 1. The molecule has 0 aliphatic heterocycles. The Bertz CT molecular complexity index is 666. The van der Waals surface area contributed by atoms with Crippen LogP contribution in [-0.2, 0) is 16.6 Å². The zero-order valence-electron chi connectivity index (χ0n) is 11.5. The van der Waals surface area contributed by atoms with E-state index >= 15 is 0 Å². The van der Waals surface area contributed by atoms with E-state index in [0.29, 0.717) is 12.2 Å². The standard InChI is InChI=1S/C13H18N4O2S/c1-3-14-7-11-6-13(5-4-10(11)2)20(18,19)17-12-8-15-16-9-12/h4-6,8-9,14,17H,3,7H2,1-2H3,(H,15,16). The molecular weight excluding hydrogens is 276 g/mol. The molecule has 0 fully saturated rings. The van der Waals surface area contributed by atoms with Crippen LogP contribution < -0.4 is 10.0 Å². The number of nitrogens with zero attached hydrogens (tertiary/aromatic N) is 1. The molecule has 0 amide bonds. The Morgan fingerprint density at radius 3 is 2.80 bits per heavy atom. The van der Waals surface area contributed by atoms with Gasteiger partial charge in [0, 0.05) is 12.7 Å². The quantitative estimate of drug-likeness (QED) is 0.755. The average Bonchev–Trinajstić information content (AvgIpc) is 2.89. The summed E-state index contributed by atoms with van der Waals surface area (Å²) in [6.07, 6.45) is 2.91. The molecule has 0 saturated heterocycles. The van der Waals surface area contributed by atoms with Crippen molar-refractivity contribution < 1.29 is 8.42 Å². The van der Waals surface area contributed by atoms with Gasteiger partial charge in [-0.3, -0.25) is 9.82 Å². The molecule has 0 spiro atoms. The van der Waals surface area contributed by atoms with E-state index in [2.05, 4.69) is 20.2 Å². The molecule has 1 aromatic heterocycles. The van der Waals surface area contributed by atoms with Crippen LogP contribution in [0.2, 0.25) is 0 Å². The SMILES string of the molecule is CCNCc1cc(S(=O)(=O)Nc2cn[nH]c2)ccc1C. The highest BCUT2D eigenvalue weighted by molar-refractivity contribution is 7.92. The van der Waals surface area contributed by atoms with Crippen LogP contribution in [0.3, 0.4) is 0 Å². The van der Waals surface area contributed by atoms with Crippen molar-refractivity contribution in [3.8, 4) is 0 Å². The summed E-state index contributed by atoms with van der Waals surface area (Å²) in [4.78, 5) is 0.247. The number of benzene rings is 1. The second kappa shape index (κ2) is 6.06. The fourth-order valence-electron chi connectivity index (χ4n) is 1.79. The van der Waals surface area contributed by atoms with Crippen LogP contribution >= 0.6 is 0 Å². The van der Waals surface area contributed by atoms with Crippen LogP contribution in [0.1, 0.15) is 18.1 Å². The highest BCUT2D eigenvalue weighted by atomic mass is 32.2. The predicted molar refractivity (Wildman–Crippen MR) is 78.0 cm³/mol. The van der Waals surface area contributed by atoms with E-state index < -0.39 is 10.0 Å². The van der Waals surface area contributed by atoms with E-state index in [9.17, 15) is 8.42 Å². The van der Waals surface area contributed by atoms with E-state index in [1.54, 1.807) is 12.1 Å². The molecule has 20 heavy (non-hydrogen) atoms. The van der Waals surface area contributed by atoms with E-state index in [0.717, 1.165) is 17.7 Å². The van der Waals surface area contributed by atoms with Crippen LogP contribution in [0.5, 0.6) is 0 Å². The van der Waals surface area contributed by atoms with E-state index in [1.807, 2.05) is 19.9 Å². The van der Waals surface area contributed by atoms with Gasteiger partial charge in [-0.15, -0.1) is 0 Å². The van der Waals surface area contributed by atoms with Crippen molar-refractivity contribution in [2.45, 2.75) is 25.3 Å². The molecule has 6 nitrogen and oxygen atoms in total. The monoisotopic (exact) mass is 294 g/mol. The summed E-state index contributed by atoms with van der Waals surface area (Å²) in [6.45, 7) is 5.46. The molecule has 0 atom stereocenters. The summed E-state index contributed by atoms with van der Waals surface area (Å²) in [7, 11) is -3.59. The number of hydrogen-bond acceptors (Lipinski definition) is 4. The Kier molecular flexibility index (Phi) is 4.41. The molecule has 0 bridgehead atoms. The first kappa shape index (κ1) is 14.5. The fourth-order valence-corrected chi connectivity index (χ4v) is 2.87. The second-order valence-corrected chi connectivity index (χ2v) is 6.14. The van der Waals surface area contributed by atoms with Gasteiger partial charge < -0.3 is 5.32 Å². The minimum Gasteiger partial charge on any atom is -0.313 e. The summed E-state index contributed by atoms with van der Waals surface area (Å²) in [5.41, 5.74) is 2.45. The molecule has 2 rings (SSSR count). The zero-order valence-corrected chi connectivity index (χ0v) is 12.3. The molecule has 3 N–H and O–H groups in total. The van der Waals surface area contributed by atoms with Crippen LogP contribution in [0.4, 0.5) is 5.69 Å². The second-order valence-electron chi connectivity index (χ2n) is 4.46. The fraction of sp³-hybridized carbons (Fsp3) is 0.308. The zero-order chi connectivity index (χ0) is 14.6.